The van der Waals surface area contributed by atoms with Crippen LogP contribution in [0, 0.1) is 0 Å². The third-order valence-corrected chi connectivity index (χ3v) is 3.19. The van der Waals surface area contributed by atoms with Gasteiger partial charge in [0.05, 0.1) is 18.2 Å². The lowest BCUT2D eigenvalue weighted by Gasteiger charge is -2.14. The SMILES string of the molecule is COCOc1c(C(=O)OC)cc(Br)c2c1CCO2. The Morgan fingerprint density at radius 3 is 2.94 bits per heavy atom. The van der Waals surface area contributed by atoms with E-state index >= 15 is 0 Å². The van der Waals surface area contributed by atoms with Crippen LogP contribution in [0.3, 0.4) is 0 Å². The zero-order chi connectivity index (χ0) is 13.1. The summed E-state index contributed by atoms with van der Waals surface area (Å²) in [5, 5.41) is 0. The highest BCUT2D eigenvalue weighted by atomic mass is 79.9. The van der Waals surface area contributed by atoms with Crippen LogP contribution >= 0.6 is 15.9 Å². The standard InChI is InChI=1S/C12H13BrO5/c1-15-6-18-10-7-3-4-17-11(7)9(13)5-8(10)12(14)16-2/h5H,3-4,6H2,1-2H3. The molecule has 1 aliphatic rings. The zero-order valence-corrected chi connectivity index (χ0v) is 11.7. The Kier molecular flexibility index (Phi) is 4.08. The van der Waals surface area contributed by atoms with Gasteiger partial charge in [0.1, 0.15) is 17.1 Å². The van der Waals surface area contributed by atoms with Crippen molar-refractivity contribution in [2.24, 2.45) is 0 Å². The summed E-state index contributed by atoms with van der Waals surface area (Å²) in [4.78, 5) is 11.7. The molecule has 0 radical (unpaired) electrons. The van der Waals surface area contributed by atoms with Gasteiger partial charge in [-0.05, 0) is 22.0 Å². The molecule has 0 fully saturated rings. The number of methoxy groups -OCH3 is 2. The fourth-order valence-corrected chi connectivity index (χ4v) is 2.43. The van der Waals surface area contributed by atoms with E-state index in [1.165, 1.54) is 14.2 Å². The predicted octanol–water partition coefficient (Wildman–Crippen LogP) is 2.15. The lowest BCUT2D eigenvalue weighted by molar-refractivity contribution is 0.0460. The smallest absolute Gasteiger partial charge is 0.341 e. The molecule has 1 aromatic carbocycles. The van der Waals surface area contributed by atoms with Crippen molar-refractivity contribution < 1.29 is 23.7 Å². The Hall–Kier alpha value is -1.27. The molecule has 0 atom stereocenters. The predicted molar refractivity (Wildman–Crippen MR) is 67.2 cm³/mol. The summed E-state index contributed by atoms with van der Waals surface area (Å²) >= 11 is 3.38. The van der Waals surface area contributed by atoms with E-state index in [9.17, 15) is 4.79 Å². The van der Waals surface area contributed by atoms with Gasteiger partial charge in [-0.15, -0.1) is 0 Å². The molecule has 2 rings (SSSR count). The Bertz CT molecular complexity index is 472. The first-order valence-electron chi connectivity index (χ1n) is 5.37. The van der Waals surface area contributed by atoms with Crippen LogP contribution in [0.15, 0.2) is 10.5 Å². The Morgan fingerprint density at radius 2 is 2.28 bits per heavy atom. The molecule has 6 heteroatoms. The minimum absolute atomic E-state index is 0.0675. The molecule has 5 nitrogen and oxygen atoms in total. The first-order chi connectivity index (χ1) is 8.69. The summed E-state index contributed by atoms with van der Waals surface area (Å²) in [7, 11) is 2.85. The summed E-state index contributed by atoms with van der Waals surface area (Å²) in [5.74, 6) is 0.740. The number of halogens is 1. The maximum absolute atomic E-state index is 11.7. The molecule has 0 saturated heterocycles. The molecule has 0 aliphatic carbocycles. The molecular formula is C12H13BrO5. The lowest BCUT2D eigenvalue weighted by Crippen LogP contribution is -2.09. The molecule has 0 N–H and O–H groups in total. The van der Waals surface area contributed by atoms with Gasteiger partial charge in [-0.1, -0.05) is 0 Å². The topological polar surface area (TPSA) is 54.0 Å². The minimum atomic E-state index is -0.448. The van der Waals surface area contributed by atoms with Crippen LogP contribution in [0.25, 0.3) is 0 Å². The highest BCUT2D eigenvalue weighted by molar-refractivity contribution is 9.10. The molecule has 1 aliphatic heterocycles. The van der Waals surface area contributed by atoms with Gasteiger partial charge in [-0.25, -0.2) is 4.79 Å². The second-order valence-corrected chi connectivity index (χ2v) is 4.54. The van der Waals surface area contributed by atoms with E-state index in [4.69, 9.17) is 18.9 Å². The van der Waals surface area contributed by atoms with Gasteiger partial charge < -0.3 is 18.9 Å². The summed E-state index contributed by atoms with van der Waals surface area (Å²) < 4.78 is 21.3. The first-order valence-corrected chi connectivity index (χ1v) is 6.16. The normalized spacial score (nSPS) is 12.8. The van der Waals surface area contributed by atoms with Crippen LogP contribution in [-0.4, -0.2) is 33.6 Å². The van der Waals surface area contributed by atoms with Gasteiger partial charge >= 0.3 is 5.97 Å². The number of benzene rings is 1. The molecule has 98 valence electrons. The third kappa shape index (κ3) is 2.30. The molecule has 0 unspecified atom stereocenters. The molecule has 1 aromatic rings. The molecule has 0 spiro atoms. The van der Waals surface area contributed by atoms with E-state index in [1.54, 1.807) is 6.07 Å². The van der Waals surface area contributed by atoms with Crippen LogP contribution in [-0.2, 0) is 15.9 Å². The van der Waals surface area contributed by atoms with Crippen molar-refractivity contribution in [3.63, 3.8) is 0 Å². The Morgan fingerprint density at radius 1 is 1.50 bits per heavy atom. The van der Waals surface area contributed by atoms with Crippen molar-refractivity contribution in [3.8, 4) is 11.5 Å². The van der Waals surface area contributed by atoms with E-state index in [2.05, 4.69) is 15.9 Å². The van der Waals surface area contributed by atoms with Crippen molar-refractivity contribution in [3.05, 3.63) is 21.7 Å². The number of esters is 1. The summed E-state index contributed by atoms with van der Waals surface area (Å²) in [5.41, 5.74) is 1.23. The third-order valence-electron chi connectivity index (χ3n) is 2.61. The molecule has 0 saturated carbocycles. The summed E-state index contributed by atoms with van der Waals surface area (Å²) in [6.45, 7) is 0.639. The second kappa shape index (κ2) is 5.58. The average molecular weight is 317 g/mol. The maximum Gasteiger partial charge on any atom is 0.341 e. The Balaban J connectivity index is 2.50. The van der Waals surface area contributed by atoms with Crippen molar-refractivity contribution in [2.45, 2.75) is 6.42 Å². The summed E-state index contributed by atoms with van der Waals surface area (Å²) in [6, 6.07) is 1.64. The van der Waals surface area contributed by atoms with E-state index in [0.717, 1.165) is 10.0 Å². The zero-order valence-electron chi connectivity index (χ0n) is 10.1. The van der Waals surface area contributed by atoms with Gasteiger partial charge in [0.2, 0.25) is 0 Å². The monoisotopic (exact) mass is 316 g/mol. The van der Waals surface area contributed by atoms with E-state index in [-0.39, 0.29) is 6.79 Å². The summed E-state index contributed by atoms with van der Waals surface area (Å²) in [6.07, 6.45) is 0.692. The van der Waals surface area contributed by atoms with Crippen molar-refractivity contribution in [2.75, 3.05) is 27.6 Å². The number of rotatable bonds is 4. The fourth-order valence-electron chi connectivity index (χ4n) is 1.85. The number of ether oxygens (including phenoxy) is 4. The van der Waals surface area contributed by atoms with Gasteiger partial charge in [-0.3, -0.25) is 0 Å². The van der Waals surface area contributed by atoms with Crippen molar-refractivity contribution in [1.82, 2.24) is 0 Å². The molecular weight excluding hydrogens is 304 g/mol. The number of carbonyl (C=O) groups excluding carboxylic acids is 1. The van der Waals surface area contributed by atoms with E-state index in [0.29, 0.717) is 30.1 Å². The number of fused-ring (bicyclic) bond motifs is 1. The highest BCUT2D eigenvalue weighted by Crippen LogP contribution is 2.42. The quantitative estimate of drug-likeness (QED) is 0.629. The first kappa shape index (κ1) is 13.2. The number of hydrogen-bond acceptors (Lipinski definition) is 5. The van der Waals surface area contributed by atoms with Crippen LogP contribution in [0.5, 0.6) is 11.5 Å². The van der Waals surface area contributed by atoms with Crippen LogP contribution in [0.1, 0.15) is 15.9 Å². The second-order valence-electron chi connectivity index (χ2n) is 3.68. The van der Waals surface area contributed by atoms with E-state index in [1.807, 2.05) is 0 Å². The number of carbonyl (C=O) groups is 1. The molecule has 0 amide bonds. The molecule has 18 heavy (non-hydrogen) atoms. The number of hydrogen-bond donors (Lipinski definition) is 0. The van der Waals surface area contributed by atoms with Crippen LogP contribution < -0.4 is 9.47 Å². The Labute approximate surface area is 113 Å². The largest absolute Gasteiger partial charge is 0.492 e. The van der Waals surface area contributed by atoms with Gasteiger partial charge in [0.15, 0.2) is 6.79 Å². The molecule has 0 aromatic heterocycles. The van der Waals surface area contributed by atoms with Gasteiger partial charge in [0, 0.05) is 19.1 Å². The van der Waals surface area contributed by atoms with Crippen molar-refractivity contribution in [1.29, 1.82) is 0 Å². The maximum atomic E-state index is 11.7. The van der Waals surface area contributed by atoms with E-state index < -0.39 is 5.97 Å². The van der Waals surface area contributed by atoms with Gasteiger partial charge in [-0.2, -0.15) is 0 Å². The van der Waals surface area contributed by atoms with Crippen molar-refractivity contribution >= 4 is 21.9 Å². The fraction of sp³-hybridized carbons (Fsp3) is 0.417. The molecule has 0 bridgehead atoms. The highest BCUT2D eigenvalue weighted by Gasteiger charge is 2.27. The average Bonchev–Trinajstić information content (AvgIpc) is 2.86. The minimum Gasteiger partial charge on any atom is -0.492 e. The molecule has 1 heterocycles. The lowest BCUT2D eigenvalue weighted by atomic mass is 10.1. The van der Waals surface area contributed by atoms with Gasteiger partial charge in [0.25, 0.3) is 0 Å². The van der Waals surface area contributed by atoms with Crippen LogP contribution in [0.2, 0.25) is 0 Å². The van der Waals surface area contributed by atoms with Crippen LogP contribution in [0.4, 0.5) is 0 Å².